The number of hydrogen-bond donors (Lipinski definition) is 0. The Morgan fingerprint density at radius 1 is 1.08 bits per heavy atom. The standard InChI is InChI=1S/C30H26IN3O2S/c1-35-27-15-23(14-26(31)29(27)36-20-22-10-6-3-7-11-22)17-33-30-25(16-32)24-12-13-34(19-28(24)37-30)18-21-8-4-2-5-9-21/h2-11,14-15,17H,12-13,18-20H2,1H3. The van der Waals surface area contributed by atoms with Gasteiger partial charge in [-0.1, -0.05) is 60.7 Å². The van der Waals surface area contributed by atoms with E-state index < -0.39 is 0 Å². The van der Waals surface area contributed by atoms with Crippen LogP contribution in [0, 0.1) is 14.9 Å². The van der Waals surface area contributed by atoms with Gasteiger partial charge in [-0.15, -0.1) is 11.3 Å². The Bertz CT molecular complexity index is 1450. The van der Waals surface area contributed by atoms with E-state index in [1.165, 1.54) is 10.4 Å². The Labute approximate surface area is 235 Å². The molecule has 5 nitrogen and oxygen atoms in total. The van der Waals surface area contributed by atoms with Crippen LogP contribution < -0.4 is 9.47 Å². The van der Waals surface area contributed by atoms with E-state index in [9.17, 15) is 5.26 Å². The van der Waals surface area contributed by atoms with Crippen LogP contribution >= 0.6 is 33.9 Å². The first-order valence-corrected chi connectivity index (χ1v) is 13.9. The maximum absolute atomic E-state index is 9.91. The smallest absolute Gasteiger partial charge is 0.174 e. The molecule has 186 valence electrons. The summed E-state index contributed by atoms with van der Waals surface area (Å²) < 4.78 is 12.7. The van der Waals surface area contributed by atoms with E-state index in [0.29, 0.717) is 23.7 Å². The average molecular weight is 620 g/mol. The highest BCUT2D eigenvalue weighted by atomic mass is 127. The van der Waals surface area contributed by atoms with Gasteiger partial charge in [-0.3, -0.25) is 4.90 Å². The minimum atomic E-state index is 0.466. The van der Waals surface area contributed by atoms with E-state index >= 15 is 0 Å². The topological polar surface area (TPSA) is 57.8 Å². The zero-order valence-electron chi connectivity index (χ0n) is 20.5. The molecule has 5 rings (SSSR count). The van der Waals surface area contributed by atoms with Gasteiger partial charge in [0.15, 0.2) is 11.5 Å². The Hall–Kier alpha value is -3.19. The number of halogens is 1. The summed E-state index contributed by atoms with van der Waals surface area (Å²) >= 11 is 3.89. The number of nitrogens with zero attached hydrogens (tertiary/aromatic N) is 3. The lowest BCUT2D eigenvalue weighted by Gasteiger charge is -2.26. The second-order valence-corrected chi connectivity index (χ2v) is 11.1. The normalized spacial score (nSPS) is 13.3. The van der Waals surface area contributed by atoms with E-state index in [-0.39, 0.29) is 0 Å². The van der Waals surface area contributed by atoms with Gasteiger partial charge in [-0.05, 0) is 63.4 Å². The van der Waals surface area contributed by atoms with Gasteiger partial charge in [0.05, 0.1) is 16.2 Å². The third kappa shape index (κ3) is 6.04. The van der Waals surface area contributed by atoms with Gasteiger partial charge in [-0.2, -0.15) is 5.26 Å². The van der Waals surface area contributed by atoms with E-state index in [0.717, 1.165) is 51.3 Å². The quantitative estimate of drug-likeness (QED) is 0.156. The molecule has 0 radical (unpaired) electrons. The van der Waals surface area contributed by atoms with E-state index in [1.54, 1.807) is 18.4 Å². The van der Waals surface area contributed by atoms with Crippen molar-refractivity contribution in [3.63, 3.8) is 0 Å². The fraction of sp³-hybridized carbons (Fsp3) is 0.200. The maximum Gasteiger partial charge on any atom is 0.174 e. The summed E-state index contributed by atoms with van der Waals surface area (Å²) in [6, 6.07) is 26.9. The number of rotatable bonds is 8. The number of ether oxygens (including phenoxy) is 2. The number of benzene rings is 3. The highest BCUT2D eigenvalue weighted by molar-refractivity contribution is 14.1. The molecule has 0 bridgehead atoms. The molecule has 2 heterocycles. The van der Waals surface area contributed by atoms with Crippen molar-refractivity contribution in [3.8, 4) is 17.6 Å². The van der Waals surface area contributed by atoms with Crippen molar-refractivity contribution in [1.29, 1.82) is 5.26 Å². The molecule has 0 unspecified atom stereocenters. The second-order valence-electron chi connectivity index (χ2n) is 8.81. The molecule has 0 spiro atoms. The number of fused-ring (bicyclic) bond motifs is 1. The summed E-state index contributed by atoms with van der Waals surface area (Å²) in [6.45, 7) is 3.17. The van der Waals surface area contributed by atoms with Crippen molar-refractivity contribution in [2.75, 3.05) is 13.7 Å². The fourth-order valence-corrected chi connectivity index (χ4v) is 6.41. The largest absolute Gasteiger partial charge is 0.493 e. The Balaban J connectivity index is 1.33. The molecule has 0 saturated heterocycles. The molecule has 0 atom stereocenters. The molecule has 0 N–H and O–H groups in total. The van der Waals surface area contributed by atoms with E-state index in [1.807, 2.05) is 54.7 Å². The molecule has 1 aliphatic rings. The van der Waals surface area contributed by atoms with Gasteiger partial charge < -0.3 is 9.47 Å². The molecule has 37 heavy (non-hydrogen) atoms. The highest BCUT2D eigenvalue weighted by Gasteiger charge is 2.24. The van der Waals surface area contributed by atoms with Crippen molar-refractivity contribution in [1.82, 2.24) is 4.90 Å². The van der Waals surface area contributed by atoms with Gasteiger partial charge in [0.1, 0.15) is 17.7 Å². The number of methoxy groups -OCH3 is 1. The van der Waals surface area contributed by atoms with Crippen LogP contribution in [0.25, 0.3) is 0 Å². The van der Waals surface area contributed by atoms with Crippen LogP contribution in [0.1, 0.15) is 32.7 Å². The molecule has 0 aliphatic carbocycles. The molecular weight excluding hydrogens is 593 g/mol. The molecule has 3 aromatic carbocycles. The van der Waals surface area contributed by atoms with Crippen LogP contribution in [0.4, 0.5) is 5.00 Å². The zero-order valence-corrected chi connectivity index (χ0v) is 23.5. The van der Waals surface area contributed by atoms with Crippen molar-refractivity contribution in [3.05, 3.63) is 109 Å². The van der Waals surface area contributed by atoms with Crippen molar-refractivity contribution >= 4 is 45.1 Å². The molecule has 7 heteroatoms. The summed E-state index contributed by atoms with van der Waals surface area (Å²) in [7, 11) is 1.64. The number of aliphatic imine (C=N–C) groups is 1. The predicted octanol–water partition coefficient (Wildman–Crippen LogP) is 7.12. The minimum Gasteiger partial charge on any atom is -0.493 e. The Morgan fingerprint density at radius 2 is 1.81 bits per heavy atom. The van der Waals surface area contributed by atoms with Crippen LogP contribution in [0.2, 0.25) is 0 Å². The molecule has 1 aromatic heterocycles. The van der Waals surface area contributed by atoms with Crippen LogP contribution in [0.15, 0.2) is 77.8 Å². The third-order valence-corrected chi connectivity index (χ3v) is 8.21. The third-order valence-electron chi connectivity index (χ3n) is 6.29. The number of nitriles is 1. The SMILES string of the molecule is COc1cc(C=Nc2sc3c(c2C#N)CCN(Cc2ccccc2)C3)cc(I)c1OCc1ccccc1. The molecule has 1 aliphatic heterocycles. The molecule has 0 amide bonds. The van der Waals surface area contributed by atoms with Gasteiger partial charge in [-0.25, -0.2) is 4.99 Å². The van der Waals surface area contributed by atoms with Crippen LogP contribution in [0.5, 0.6) is 11.5 Å². The summed E-state index contributed by atoms with van der Waals surface area (Å²) in [4.78, 5) is 8.43. The van der Waals surface area contributed by atoms with E-state index in [2.05, 4.69) is 57.8 Å². The first kappa shape index (κ1) is 25.5. The Kier molecular flexibility index (Phi) is 8.19. The van der Waals surface area contributed by atoms with Gasteiger partial charge >= 0.3 is 0 Å². The van der Waals surface area contributed by atoms with Crippen LogP contribution in [-0.4, -0.2) is 24.8 Å². The number of thiophene rings is 1. The van der Waals surface area contributed by atoms with Crippen molar-refractivity contribution in [2.24, 2.45) is 4.99 Å². The Morgan fingerprint density at radius 3 is 2.51 bits per heavy atom. The lowest BCUT2D eigenvalue weighted by atomic mass is 10.0. The molecule has 0 saturated carbocycles. The monoisotopic (exact) mass is 619 g/mol. The lowest BCUT2D eigenvalue weighted by molar-refractivity contribution is 0.249. The van der Waals surface area contributed by atoms with Gasteiger partial charge in [0.25, 0.3) is 0 Å². The first-order valence-electron chi connectivity index (χ1n) is 12.0. The highest BCUT2D eigenvalue weighted by Crippen LogP contribution is 2.39. The van der Waals surface area contributed by atoms with Crippen LogP contribution in [0.3, 0.4) is 0 Å². The van der Waals surface area contributed by atoms with Gasteiger partial charge in [0.2, 0.25) is 0 Å². The van der Waals surface area contributed by atoms with Crippen molar-refractivity contribution in [2.45, 2.75) is 26.1 Å². The lowest BCUT2D eigenvalue weighted by Crippen LogP contribution is -2.29. The van der Waals surface area contributed by atoms with Crippen molar-refractivity contribution < 1.29 is 9.47 Å². The summed E-state index contributed by atoms with van der Waals surface area (Å²) in [6.07, 6.45) is 2.68. The minimum absolute atomic E-state index is 0.466. The van der Waals surface area contributed by atoms with E-state index in [4.69, 9.17) is 14.5 Å². The molecule has 0 fully saturated rings. The van der Waals surface area contributed by atoms with Gasteiger partial charge in [0, 0.05) is 30.7 Å². The summed E-state index contributed by atoms with van der Waals surface area (Å²) in [5.74, 6) is 1.37. The summed E-state index contributed by atoms with van der Waals surface area (Å²) in [5, 5.41) is 10.7. The zero-order chi connectivity index (χ0) is 25.6. The summed E-state index contributed by atoms with van der Waals surface area (Å²) in [5.41, 5.74) is 5.16. The average Bonchev–Trinajstić information content (AvgIpc) is 3.28. The maximum atomic E-state index is 9.91. The fourth-order valence-electron chi connectivity index (χ4n) is 4.44. The predicted molar refractivity (Wildman–Crippen MR) is 157 cm³/mol. The molecular formula is C30H26IN3O2S. The van der Waals surface area contributed by atoms with Crippen LogP contribution in [-0.2, 0) is 26.1 Å². The second kappa shape index (κ2) is 11.9. The number of hydrogen-bond acceptors (Lipinski definition) is 6. The molecule has 4 aromatic rings. The first-order chi connectivity index (χ1) is 18.1.